The van der Waals surface area contributed by atoms with Gasteiger partial charge < -0.3 is 5.32 Å². The average molecular weight is 280 g/mol. The molecule has 0 unspecified atom stereocenters. The fraction of sp³-hybridized carbons (Fsp3) is 0.647. The zero-order chi connectivity index (χ0) is 13.6. The summed E-state index contributed by atoms with van der Waals surface area (Å²) in [5.74, 6) is 0. The SMILES string of the molecule is CCCCCCCCC1(c2cccc(Cl)c2)CNC1. The van der Waals surface area contributed by atoms with Crippen molar-refractivity contribution in [2.24, 2.45) is 0 Å². The average Bonchev–Trinajstić information content (AvgIpc) is 2.36. The van der Waals surface area contributed by atoms with Crippen molar-refractivity contribution in [3.05, 3.63) is 34.9 Å². The van der Waals surface area contributed by atoms with E-state index in [0.29, 0.717) is 5.41 Å². The summed E-state index contributed by atoms with van der Waals surface area (Å²) in [5.41, 5.74) is 1.78. The van der Waals surface area contributed by atoms with Gasteiger partial charge in [0, 0.05) is 23.5 Å². The third-order valence-electron chi connectivity index (χ3n) is 4.37. The van der Waals surface area contributed by atoms with Crippen LogP contribution in [0.2, 0.25) is 5.02 Å². The largest absolute Gasteiger partial charge is 0.315 e. The molecule has 0 saturated carbocycles. The molecule has 2 rings (SSSR count). The van der Waals surface area contributed by atoms with Crippen molar-refractivity contribution < 1.29 is 0 Å². The zero-order valence-corrected chi connectivity index (χ0v) is 12.8. The van der Waals surface area contributed by atoms with Gasteiger partial charge in [-0.15, -0.1) is 0 Å². The van der Waals surface area contributed by atoms with Crippen LogP contribution in [0.5, 0.6) is 0 Å². The molecule has 0 aliphatic carbocycles. The van der Waals surface area contributed by atoms with Crippen LogP contribution >= 0.6 is 11.6 Å². The summed E-state index contributed by atoms with van der Waals surface area (Å²) in [4.78, 5) is 0. The monoisotopic (exact) mass is 279 g/mol. The summed E-state index contributed by atoms with van der Waals surface area (Å²) in [6.45, 7) is 4.50. The van der Waals surface area contributed by atoms with Crippen molar-refractivity contribution in [2.45, 2.75) is 57.3 Å². The molecule has 1 nitrogen and oxygen atoms in total. The molecule has 2 heteroatoms. The van der Waals surface area contributed by atoms with Gasteiger partial charge in [0.25, 0.3) is 0 Å². The van der Waals surface area contributed by atoms with Gasteiger partial charge in [-0.1, -0.05) is 69.2 Å². The number of nitrogens with one attached hydrogen (secondary N) is 1. The predicted octanol–water partition coefficient (Wildman–Crippen LogP) is 4.93. The van der Waals surface area contributed by atoms with E-state index >= 15 is 0 Å². The maximum absolute atomic E-state index is 6.13. The quantitative estimate of drug-likeness (QED) is 0.665. The van der Waals surface area contributed by atoms with Crippen LogP contribution in [0, 0.1) is 0 Å². The second-order valence-corrected chi connectivity index (χ2v) is 6.35. The molecule has 106 valence electrons. The Hall–Kier alpha value is -0.530. The number of benzene rings is 1. The third kappa shape index (κ3) is 3.97. The van der Waals surface area contributed by atoms with E-state index in [0.717, 1.165) is 18.1 Å². The maximum atomic E-state index is 6.13. The molecule has 1 aliphatic rings. The molecule has 1 N–H and O–H groups in total. The van der Waals surface area contributed by atoms with Gasteiger partial charge in [-0.05, 0) is 24.1 Å². The van der Waals surface area contributed by atoms with E-state index in [1.165, 1.54) is 50.5 Å². The first kappa shape index (κ1) is 14.9. The summed E-state index contributed by atoms with van der Waals surface area (Å²) in [6, 6.07) is 8.44. The number of hydrogen-bond acceptors (Lipinski definition) is 1. The third-order valence-corrected chi connectivity index (χ3v) is 4.61. The smallest absolute Gasteiger partial charge is 0.0408 e. The van der Waals surface area contributed by atoms with Crippen molar-refractivity contribution in [3.8, 4) is 0 Å². The van der Waals surface area contributed by atoms with E-state index in [9.17, 15) is 0 Å². The minimum Gasteiger partial charge on any atom is -0.315 e. The molecule has 1 heterocycles. The molecule has 0 atom stereocenters. The van der Waals surface area contributed by atoms with Gasteiger partial charge in [0.2, 0.25) is 0 Å². The molecule has 0 bridgehead atoms. The molecule has 0 spiro atoms. The number of hydrogen-bond donors (Lipinski definition) is 1. The van der Waals surface area contributed by atoms with Crippen LogP contribution in [-0.2, 0) is 5.41 Å². The highest BCUT2D eigenvalue weighted by atomic mass is 35.5. The van der Waals surface area contributed by atoms with Crippen molar-refractivity contribution >= 4 is 11.6 Å². The Bertz CT molecular complexity index is 385. The molecule has 19 heavy (non-hydrogen) atoms. The predicted molar refractivity (Wildman–Crippen MR) is 84.0 cm³/mol. The Morgan fingerprint density at radius 1 is 1.11 bits per heavy atom. The van der Waals surface area contributed by atoms with Crippen LogP contribution in [-0.4, -0.2) is 13.1 Å². The van der Waals surface area contributed by atoms with E-state index in [1.54, 1.807) is 0 Å². The summed E-state index contributed by atoms with van der Waals surface area (Å²) in [7, 11) is 0. The molecule has 0 radical (unpaired) electrons. The Labute approximate surface area is 122 Å². The van der Waals surface area contributed by atoms with Crippen LogP contribution in [0.15, 0.2) is 24.3 Å². The highest BCUT2D eigenvalue weighted by Crippen LogP contribution is 2.35. The molecule has 1 aliphatic heterocycles. The van der Waals surface area contributed by atoms with Crippen molar-refractivity contribution in [3.63, 3.8) is 0 Å². The van der Waals surface area contributed by atoms with Crippen LogP contribution < -0.4 is 5.32 Å². The van der Waals surface area contributed by atoms with Gasteiger partial charge in [0.05, 0.1) is 0 Å². The topological polar surface area (TPSA) is 12.0 Å². The van der Waals surface area contributed by atoms with E-state index in [1.807, 2.05) is 6.07 Å². The summed E-state index contributed by atoms with van der Waals surface area (Å²) in [6.07, 6.45) is 9.54. The van der Waals surface area contributed by atoms with Gasteiger partial charge in [0.1, 0.15) is 0 Å². The van der Waals surface area contributed by atoms with Crippen molar-refractivity contribution in [1.29, 1.82) is 0 Å². The van der Waals surface area contributed by atoms with Gasteiger partial charge in [-0.3, -0.25) is 0 Å². The second kappa shape index (κ2) is 7.31. The highest BCUT2D eigenvalue weighted by molar-refractivity contribution is 6.30. The zero-order valence-electron chi connectivity index (χ0n) is 12.1. The lowest BCUT2D eigenvalue weighted by atomic mass is 9.71. The fourth-order valence-electron chi connectivity index (χ4n) is 3.01. The molecule has 0 aromatic heterocycles. The molecule has 1 aromatic carbocycles. The van der Waals surface area contributed by atoms with Crippen LogP contribution in [0.25, 0.3) is 0 Å². The standard InChI is InChI=1S/C17H26ClN/c1-2-3-4-5-6-7-11-17(13-19-14-17)15-9-8-10-16(18)12-15/h8-10,12,19H,2-7,11,13-14H2,1H3. The Kier molecular flexibility index (Phi) is 5.72. The van der Waals surface area contributed by atoms with E-state index < -0.39 is 0 Å². The lowest BCUT2D eigenvalue weighted by molar-refractivity contribution is 0.249. The molecule has 0 amide bonds. The molecular weight excluding hydrogens is 254 g/mol. The Morgan fingerprint density at radius 2 is 1.84 bits per heavy atom. The Morgan fingerprint density at radius 3 is 2.47 bits per heavy atom. The van der Waals surface area contributed by atoms with Gasteiger partial charge in [-0.2, -0.15) is 0 Å². The van der Waals surface area contributed by atoms with Crippen LogP contribution in [0.3, 0.4) is 0 Å². The summed E-state index contributed by atoms with van der Waals surface area (Å²) < 4.78 is 0. The van der Waals surface area contributed by atoms with E-state index in [-0.39, 0.29) is 0 Å². The van der Waals surface area contributed by atoms with Crippen molar-refractivity contribution in [2.75, 3.05) is 13.1 Å². The second-order valence-electron chi connectivity index (χ2n) is 5.91. The minimum atomic E-state index is 0.357. The minimum absolute atomic E-state index is 0.357. The first-order chi connectivity index (χ1) is 9.27. The summed E-state index contributed by atoms with van der Waals surface area (Å²) in [5, 5.41) is 4.31. The van der Waals surface area contributed by atoms with E-state index in [4.69, 9.17) is 11.6 Å². The first-order valence-corrected chi connectivity index (χ1v) is 8.11. The number of halogens is 1. The molecule has 1 aromatic rings. The van der Waals surface area contributed by atoms with Gasteiger partial charge in [-0.25, -0.2) is 0 Å². The van der Waals surface area contributed by atoms with Crippen LogP contribution in [0.4, 0.5) is 0 Å². The summed E-state index contributed by atoms with van der Waals surface area (Å²) >= 11 is 6.13. The van der Waals surface area contributed by atoms with Gasteiger partial charge in [0.15, 0.2) is 0 Å². The number of rotatable bonds is 8. The fourth-order valence-corrected chi connectivity index (χ4v) is 3.20. The lowest BCUT2D eigenvalue weighted by Gasteiger charge is -2.43. The van der Waals surface area contributed by atoms with Gasteiger partial charge >= 0.3 is 0 Å². The molecule has 1 saturated heterocycles. The number of unbranched alkanes of at least 4 members (excludes halogenated alkanes) is 5. The van der Waals surface area contributed by atoms with Crippen molar-refractivity contribution in [1.82, 2.24) is 5.32 Å². The lowest BCUT2D eigenvalue weighted by Crippen LogP contribution is -2.56. The normalized spacial score (nSPS) is 17.2. The van der Waals surface area contributed by atoms with E-state index in [2.05, 4.69) is 30.4 Å². The molecular formula is C17H26ClN. The Balaban J connectivity index is 1.82. The van der Waals surface area contributed by atoms with Crippen LogP contribution in [0.1, 0.15) is 57.4 Å². The first-order valence-electron chi connectivity index (χ1n) is 7.74. The maximum Gasteiger partial charge on any atom is 0.0408 e. The highest BCUT2D eigenvalue weighted by Gasteiger charge is 2.37. The molecule has 1 fully saturated rings.